The molecule has 0 radical (unpaired) electrons. The number of para-hydroxylation sites is 1. The van der Waals surface area contributed by atoms with Gasteiger partial charge in [-0.2, -0.15) is 0 Å². The summed E-state index contributed by atoms with van der Waals surface area (Å²) in [6.45, 7) is 2.21. The zero-order valence-electron chi connectivity index (χ0n) is 13.6. The number of rotatable bonds is 3. The van der Waals surface area contributed by atoms with Crippen LogP contribution >= 0.6 is 0 Å². The number of benzene rings is 1. The molecule has 2 heterocycles. The Morgan fingerprint density at radius 2 is 2.12 bits per heavy atom. The molecule has 1 aromatic heterocycles. The fourth-order valence-electron chi connectivity index (χ4n) is 3.90. The molecule has 4 heteroatoms. The molecule has 1 aliphatic carbocycles. The Morgan fingerprint density at radius 1 is 1.29 bits per heavy atom. The Kier molecular flexibility index (Phi) is 3.81. The summed E-state index contributed by atoms with van der Waals surface area (Å²) in [5.74, 6) is 0.516. The average Bonchev–Trinajstić information content (AvgIpc) is 3.11. The van der Waals surface area contributed by atoms with E-state index in [0.29, 0.717) is 24.0 Å². The maximum atomic E-state index is 12.4. The minimum absolute atomic E-state index is 0.163. The number of hydrogen-bond donors (Lipinski definition) is 1. The van der Waals surface area contributed by atoms with Crippen LogP contribution in [0.2, 0.25) is 0 Å². The Hall–Kier alpha value is -2.62. The van der Waals surface area contributed by atoms with Gasteiger partial charge in [-0.1, -0.05) is 24.3 Å². The smallest absolute Gasteiger partial charge is 0.340 e. The Labute approximate surface area is 141 Å². The van der Waals surface area contributed by atoms with Gasteiger partial charge in [0.1, 0.15) is 0 Å². The molecular formula is C20H20N2O2. The van der Waals surface area contributed by atoms with Gasteiger partial charge in [0, 0.05) is 18.3 Å². The van der Waals surface area contributed by atoms with E-state index in [1.807, 2.05) is 43.6 Å². The SMILES string of the molecule is CCOC(=O)c1cccc2c1N[C@H](c1ccncc1)[C@H]1CC=C[C@@H]21. The molecule has 1 N–H and O–H groups in total. The van der Waals surface area contributed by atoms with Crippen LogP contribution in [0, 0.1) is 5.92 Å². The van der Waals surface area contributed by atoms with Gasteiger partial charge >= 0.3 is 5.97 Å². The fourth-order valence-corrected chi connectivity index (χ4v) is 3.90. The van der Waals surface area contributed by atoms with Gasteiger partial charge in [-0.15, -0.1) is 0 Å². The second-order valence-electron chi connectivity index (χ2n) is 6.25. The molecule has 4 rings (SSSR count). The summed E-state index contributed by atoms with van der Waals surface area (Å²) in [6, 6.07) is 10.2. The van der Waals surface area contributed by atoms with Crippen molar-refractivity contribution in [2.75, 3.05) is 11.9 Å². The maximum absolute atomic E-state index is 12.4. The normalized spacial score (nSPS) is 24.0. The van der Waals surface area contributed by atoms with Gasteiger partial charge in [0.2, 0.25) is 0 Å². The molecule has 24 heavy (non-hydrogen) atoms. The van der Waals surface area contributed by atoms with Crippen molar-refractivity contribution in [1.29, 1.82) is 0 Å². The average molecular weight is 320 g/mol. The van der Waals surface area contributed by atoms with Gasteiger partial charge < -0.3 is 10.1 Å². The zero-order chi connectivity index (χ0) is 16.5. The third-order valence-electron chi connectivity index (χ3n) is 4.96. The van der Waals surface area contributed by atoms with Crippen LogP contribution in [0.25, 0.3) is 0 Å². The zero-order valence-corrected chi connectivity index (χ0v) is 13.6. The van der Waals surface area contributed by atoms with E-state index in [4.69, 9.17) is 4.74 Å². The Bertz CT molecular complexity index is 785. The number of fused-ring (bicyclic) bond motifs is 3. The molecule has 1 aromatic carbocycles. The van der Waals surface area contributed by atoms with Gasteiger partial charge in [-0.3, -0.25) is 4.98 Å². The first kappa shape index (κ1) is 14.9. The van der Waals surface area contributed by atoms with Crippen LogP contribution < -0.4 is 5.32 Å². The molecule has 4 nitrogen and oxygen atoms in total. The molecule has 0 saturated carbocycles. The summed E-state index contributed by atoms with van der Waals surface area (Å²) in [5.41, 5.74) is 3.91. The lowest BCUT2D eigenvalue weighted by atomic mass is 9.76. The lowest BCUT2D eigenvalue weighted by Gasteiger charge is -2.38. The number of allylic oxidation sites excluding steroid dienone is 2. The summed E-state index contributed by atoms with van der Waals surface area (Å²) in [7, 11) is 0. The van der Waals surface area contributed by atoms with E-state index < -0.39 is 0 Å². The molecule has 0 saturated heterocycles. The number of carbonyl (C=O) groups is 1. The van der Waals surface area contributed by atoms with Gasteiger partial charge in [-0.05, 0) is 48.6 Å². The highest BCUT2D eigenvalue weighted by molar-refractivity contribution is 5.97. The van der Waals surface area contributed by atoms with Crippen LogP contribution in [0.15, 0.2) is 54.9 Å². The third-order valence-corrected chi connectivity index (χ3v) is 4.96. The van der Waals surface area contributed by atoms with Crippen molar-refractivity contribution in [3.05, 3.63) is 71.6 Å². The largest absolute Gasteiger partial charge is 0.462 e. The van der Waals surface area contributed by atoms with Crippen LogP contribution in [-0.2, 0) is 4.74 Å². The number of ether oxygens (including phenoxy) is 1. The summed E-state index contributed by atoms with van der Waals surface area (Å²) in [6.07, 6.45) is 9.20. The van der Waals surface area contributed by atoms with E-state index in [1.165, 1.54) is 11.1 Å². The van der Waals surface area contributed by atoms with Crippen molar-refractivity contribution in [1.82, 2.24) is 4.98 Å². The Balaban J connectivity index is 1.80. The van der Waals surface area contributed by atoms with Gasteiger partial charge in [0.05, 0.1) is 23.9 Å². The highest BCUT2D eigenvalue weighted by Gasteiger charge is 2.39. The quantitative estimate of drug-likeness (QED) is 0.684. The van der Waals surface area contributed by atoms with E-state index in [0.717, 1.165) is 12.1 Å². The fraction of sp³-hybridized carbons (Fsp3) is 0.300. The molecule has 2 aromatic rings. The van der Waals surface area contributed by atoms with E-state index in [1.54, 1.807) is 0 Å². The van der Waals surface area contributed by atoms with Crippen LogP contribution in [0.5, 0.6) is 0 Å². The predicted molar refractivity (Wildman–Crippen MR) is 93.0 cm³/mol. The molecule has 0 bridgehead atoms. The topological polar surface area (TPSA) is 51.2 Å². The summed E-state index contributed by atoms with van der Waals surface area (Å²) in [5, 5.41) is 3.62. The highest BCUT2D eigenvalue weighted by atomic mass is 16.5. The van der Waals surface area contributed by atoms with Crippen LogP contribution in [-0.4, -0.2) is 17.6 Å². The summed E-state index contributed by atoms with van der Waals surface area (Å²) >= 11 is 0. The number of carbonyl (C=O) groups excluding carboxylic acids is 1. The second kappa shape index (κ2) is 6.11. The monoisotopic (exact) mass is 320 g/mol. The van der Waals surface area contributed by atoms with E-state index in [2.05, 4.69) is 28.5 Å². The Morgan fingerprint density at radius 3 is 2.92 bits per heavy atom. The number of nitrogens with zero attached hydrogens (tertiary/aromatic N) is 1. The third kappa shape index (κ3) is 2.39. The molecular weight excluding hydrogens is 300 g/mol. The first-order chi connectivity index (χ1) is 11.8. The number of esters is 1. The number of hydrogen-bond acceptors (Lipinski definition) is 4. The van der Waals surface area contributed by atoms with Gasteiger partial charge in [0.15, 0.2) is 0 Å². The summed E-state index contributed by atoms with van der Waals surface area (Å²) in [4.78, 5) is 16.5. The van der Waals surface area contributed by atoms with Gasteiger partial charge in [0.25, 0.3) is 0 Å². The van der Waals surface area contributed by atoms with E-state index in [-0.39, 0.29) is 12.0 Å². The van der Waals surface area contributed by atoms with Crippen molar-refractivity contribution in [2.24, 2.45) is 5.92 Å². The van der Waals surface area contributed by atoms with E-state index >= 15 is 0 Å². The standard InChI is InChI=1S/C20H20N2O2/c1-2-24-20(23)17-8-4-7-16-14-5-3-6-15(14)18(22-19(16)17)13-9-11-21-12-10-13/h3-5,7-12,14-15,18,22H,2,6H2,1H3/t14-,15+,18-/m1/s1. The molecule has 1 aliphatic heterocycles. The van der Waals surface area contributed by atoms with Crippen molar-refractivity contribution < 1.29 is 9.53 Å². The molecule has 122 valence electrons. The first-order valence-corrected chi connectivity index (χ1v) is 8.42. The lowest BCUT2D eigenvalue weighted by molar-refractivity contribution is 0.0527. The second-order valence-corrected chi connectivity index (χ2v) is 6.25. The van der Waals surface area contributed by atoms with Crippen molar-refractivity contribution >= 4 is 11.7 Å². The van der Waals surface area contributed by atoms with E-state index in [9.17, 15) is 4.79 Å². The summed E-state index contributed by atoms with van der Waals surface area (Å²) < 4.78 is 5.24. The molecule has 3 atom stereocenters. The molecule has 0 unspecified atom stereocenters. The number of nitrogens with one attached hydrogen (secondary N) is 1. The lowest BCUT2D eigenvalue weighted by Crippen LogP contribution is -2.30. The molecule has 2 aliphatic rings. The van der Waals surface area contributed by atoms with Crippen molar-refractivity contribution in [2.45, 2.75) is 25.3 Å². The predicted octanol–water partition coefficient (Wildman–Crippen LogP) is 4.08. The van der Waals surface area contributed by atoms with Crippen LogP contribution in [0.4, 0.5) is 5.69 Å². The maximum Gasteiger partial charge on any atom is 0.340 e. The van der Waals surface area contributed by atoms with Crippen LogP contribution in [0.3, 0.4) is 0 Å². The van der Waals surface area contributed by atoms with Crippen molar-refractivity contribution in [3.63, 3.8) is 0 Å². The number of pyridine rings is 1. The highest BCUT2D eigenvalue weighted by Crippen LogP contribution is 2.50. The minimum atomic E-state index is -0.268. The van der Waals surface area contributed by atoms with Crippen LogP contribution in [0.1, 0.15) is 46.8 Å². The molecule has 0 spiro atoms. The number of aromatic nitrogens is 1. The van der Waals surface area contributed by atoms with Crippen molar-refractivity contribution in [3.8, 4) is 0 Å². The van der Waals surface area contributed by atoms with Gasteiger partial charge in [-0.25, -0.2) is 4.79 Å². The minimum Gasteiger partial charge on any atom is -0.462 e. The number of anilines is 1. The molecule has 0 amide bonds. The molecule has 0 fully saturated rings. The first-order valence-electron chi connectivity index (χ1n) is 8.42.